The van der Waals surface area contributed by atoms with Gasteiger partial charge in [-0.15, -0.1) is 0 Å². The molecule has 0 heterocycles. The molecular weight excluding hydrogens is 250 g/mol. The molecule has 1 rings (SSSR count). The molecular formula is C13H21NO3S. The Labute approximate surface area is 109 Å². The number of sulfone groups is 1. The molecule has 1 atom stereocenters. The number of methoxy groups -OCH3 is 1. The molecule has 0 fully saturated rings. The number of benzene rings is 1. The van der Waals surface area contributed by atoms with E-state index in [4.69, 9.17) is 4.74 Å². The fourth-order valence-electron chi connectivity index (χ4n) is 1.93. The molecule has 0 amide bonds. The SMILES string of the molecule is CNC(CCS(C)(=O)=O)c1ccc(OC)c(C)c1. The van der Waals surface area contributed by atoms with E-state index in [9.17, 15) is 8.42 Å². The lowest BCUT2D eigenvalue weighted by atomic mass is 10.0. The van der Waals surface area contributed by atoms with Gasteiger partial charge in [0, 0.05) is 12.3 Å². The van der Waals surface area contributed by atoms with Crippen molar-refractivity contribution in [3.8, 4) is 5.75 Å². The summed E-state index contributed by atoms with van der Waals surface area (Å²) in [6.45, 7) is 1.98. The smallest absolute Gasteiger partial charge is 0.147 e. The van der Waals surface area contributed by atoms with Gasteiger partial charge in [0.2, 0.25) is 0 Å². The van der Waals surface area contributed by atoms with Crippen LogP contribution in [-0.2, 0) is 9.84 Å². The third-order valence-corrected chi connectivity index (χ3v) is 3.92. The second-order valence-corrected chi connectivity index (χ2v) is 6.75. The fourth-order valence-corrected chi connectivity index (χ4v) is 2.59. The molecule has 0 aromatic heterocycles. The lowest BCUT2D eigenvalue weighted by Gasteiger charge is -2.17. The molecule has 0 aliphatic rings. The summed E-state index contributed by atoms with van der Waals surface area (Å²) in [5.74, 6) is 1.03. The minimum absolute atomic E-state index is 0.0457. The summed E-state index contributed by atoms with van der Waals surface area (Å²) in [5.41, 5.74) is 2.13. The van der Waals surface area contributed by atoms with Crippen LogP contribution in [0.4, 0.5) is 0 Å². The highest BCUT2D eigenvalue weighted by molar-refractivity contribution is 7.90. The summed E-state index contributed by atoms with van der Waals surface area (Å²) in [6.07, 6.45) is 1.83. The molecule has 0 aliphatic carbocycles. The van der Waals surface area contributed by atoms with Gasteiger partial charge in [0.1, 0.15) is 15.6 Å². The second kappa shape index (κ2) is 6.20. The van der Waals surface area contributed by atoms with Crippen LogP contribution in [0.5, 0.6) is 5.75 Å². The average molecular weight is 271 g/mol. The van der Waals surface area contributed by atoms with E-state index in [0.717, 1.165) is 16.9 Å². The van der Waals surface area contributed by atoms with Gasteiger partial charge in [-0.3, -0.25) is 0 Å². The van der Waals surface area contributed by atoms with Crippen molar-refractivity contribution in [2.45, 2.75) is 19.4 Å². The Morgan fingerprint density at radius 2 is 2.06 bits per heavy atom. The van der Waals surface area contributed by atoms with Crippen molar-refractivity contribution < 1.29 is 13.2 Å². The molecule has 1 aromatic rings. The Hall–Kier alpha value is -1.07. The maximum Gasteiger partial charge on any atom is 0.147 e. The molecule has 1 aromatic carbocycles. The molecule has 0 spiro atoms. The van der Waals surface area contributed by atoms with Crippen molar-refractivity contribution in [1.82, 2.24) is 5.32 Å². The molecule has 4 nitrogen and oxygen atoms in total. The van der Waals surface area contributed by atoms with Crippen LogP contribution in [-0.4, -0.2) is 34.6 Å². The lowest BCUT2D eigenvalue weighted by Crippen LogP contribution is -2.20. The van der Waals surface area contributed by atoms with Gasteiger partial charge >= 0.3 is 0 Å². The van der Waals surface area contributed by atoms with Gasteiger partial charge in [0.25, 0.3) is 0 Å². The number of hydrogen-bond donors (Lipinski definition) is 1. The van der Waals surface area contributed by atoms with E-state index < -0.39 is 9.84 Å². The third-order valence-electron chi connectivity index (χ3n) is 2.95. The summed E-state index contributed by atoms with van der Waals surface area (Å²) in [4.78, 5) is 0. The number of nitrogens with one attached hydrogen (secondary N) is 1. The topological polar surface area (TPSA) is 55.4 Å². The molecule has 0 radical (unpaired) electrons. The molecule has 18 heavy (non-hydrogen) atoms. The van der Waals surface area contributed by atoms with Crippen molar-refractivity contribution in [2.24, 2.45) is 0 Å². The van der Waals surface area contributed by atoms with Gasteiger partial charge in [0.05, 0.1) is 12.9 Å². The molecule has 0 saturated carbocycles. The number of ether oxygens (including phenoxy) is 1. The zero-order valence-electron chi connectivity index (χ0n) is 11.4. The molecule has 5 heteroatoms. The quantitative estimate of drug-likeness (QED) is 0.855. The maximum atomic E-state index is 11.2. The van der Waals surface area contributed by atoms with E-state index in [0.29, 0.717) is 6.42 Å². The Morgan fingerprint density at radius 1 is 1.39 bits per heavy atom. The highest BCUT2D eigenvalue weighted by atomic mass is 32.2. The van der Waals surface area contributed by atoms with Crippen molar-refractivity contribution in [2.75, 3.05) is 26.2 Å². The molecule has 1 N–H and O–H groups in total. The van der Waals surface area contributed by atoms with E-state index in [-0.39, 0.29) is 11.8 Å². The largest absolute Gasteiger partial charge is 0.496 e. The highest BCUT2D eigenvalue weighted by Crippen LogP contribution is 2.24. The minimum Gasteiger partial charge on any atom is -0.496 e. The average Bonchev–Trinajstić information content (AvgIpc) is 2.28. The first-order valence-corrected chi connectivity index (χ1v) is 7.93. The van der Waals surface area contributed by atoms with Crippen LogP contribution < -0.4 is 10.1 Å². The summed E-state index contributed by atoms with van der Waals surface area (Å²) >= 11 is 0. The Kier molecular flexibility index (Phi) is 5.16. The van der Waals surface area contributed by atoms with Gasteiger partial charge in [-0.05, 0) is 37.6 Å². The predicted octanol–water partition coefficient (Wildman–Crippen LogP) is 1.70. The fraction of sp³-hybridized carbons (Fsp3) is 0.538. The first kappa shape index (κ1) is 15.0. The van der Waals surface area contributed by atoms with Crippen molar-refractivity contribution in [1.29, 1.82) is 0 Å². The van der Waals surface area contributed by atoms with Crippen molar-refractivity contribution in [3.05, 3.63) is 29.3 Å². The van der Waals surface area contributed by atoms with Crippen LogP contribution in [0.3, 0.4) is 0 Å². The Bertz CT molecular complexity index is 497. The number of hydrogen-bond acceptors (Lipinski definition) is 4. The Balaban J connectivity index is 2.85. The maximum absolute atomic E-state index is 11.2. The van der Waals surface area contributed by atoms with Gasteiger partial charge in [-0.2, -0.15) is 0 Å². The van der Waals surface area contributed by atoms with Crippen LogP contribution in [0, 0.1) is 6.92 Å². The van der Waals surface area contributed by atoms with Crippen LogP contribution in [0.25, 0.3) is 0 Å². The monoisotopic (exact) mass is 271 g/mol. The van der Waals surface area contributed by atoms with E-state index in [2.05, 4.69) is 5.32 Å². The Morgan fingerprint density at radius 3 is 2.50 bits per heavy atom. The van der Waals surface area contributed by atoms with Crippen LogP contribution in [0.2, 0.25) is 0 Å². The van der Waals surface area contributed by atoms with Crippen LogP contribution in [0.1, 0.15) is 23.6 Å². The first-order chi connectivity index (χ1) is 8.37. The normalized spacial score (nSPS) is 13.3. The van der Waals surface area contributed by atoms with Gasteiger partial charge < -0.3 is 10.1 Å². The molecule has 0 aliphatic heterocycles. The van der Waals surface area contributed by atoms with E-state index in [1.54, 1.807) is 7.11 Å². The van der Waals surface area contributed by atoms with E-state index in [1.165, 1.54) is 6.26 Å². The van der Waals surface area contributed by atoms with Crippen LogP contribution in [0.15, 0.2) is 18.2 Å². The lowest BCUT2D eigenvalue weighted by molar-refractivity contribution is 0.411. The van der Waals surface area contributed by atoms with Crippen molar-refractivity contribution >= 4 is 9.84 Å². The summed E-state index contributed by atoms with van der Waals surface area (Å²) in [5, 5.41) is 3.15. The zero-order chi connectivity index (χ0) is 13.8. The van der Waals surface area contributed by atoms with Gasteiger partial charge in [-0.25, -0.2) is 8.42 Å². The number of aryl methyl sites for hydroxylation is 1. The molecule has 0 saturated heterocycles. The first-order valence-electron chi connectivity index (χ1n) is 5.87. The molecule has 102 valence electrons. The third kappa shape index (κ3) is 4.31. The molecule has 1 unspecified atom stereocenters. The van der Waals surface area contributed by atoms with Gasteiger partial charge in [0.15, 0.2) is 0 Å². The summed E-state index contributed by atoms with van der Waals surface area (Å²) < 4.78 is 27.6. The standard InChI is InChI=1S/C13H21NO3S/c1-10-9-11(5-6-13(10)17-3)12(14-2)7-8-18(4,15)16/h5-6,9,12,14H,7-8H2,1-4H3. The number of rotatable bonds is 6. The zero-order valence-corrected chi connectivity index (χ0v) is 12.2. The van der Waals surface area contributed by atoms with Crippen LogP contribution >= 0.6 is 0 Å². The highest BCUT2D eigenvalue weighted by Gasteiger charge is 2.13. The van der Waals surface area contributed by atoms with Gasteiger partial charge in [-0.1, -0.05) is 12.1 Å². The summed E-state index contributed by atoms with van der Waals surface area (Å²) in [6, 6.07) is 5.96. The second-order valence-electron chi connectivity index (χ2n) is 4.49. The molecule has 0 bridgehead atoms. The minimum atomic E-state index is -2.92. The van der Waals surface area contributed by atoms with Crippen molar-refractivity contribution in [3.63, 3.8) is 0 Å². The summed E-state index contributed by atoms with van der Waals surface area (Å²) in [7, 11) is 0.555. The van der Waals surface area contributed by atoms with E-state index >= 15 is 0 Å². The predicted molar refractivity (Wildman–Crippen MR) is 73.9 cm³/mol. The van der Waals surface area contributed by atoms with E-state index in [1.807, 2.05) is 32.2 Å².